The number of hydrogen-bond donors (Lipinski definition) is 0. The quantitative estimate of drug-likeness (QED) is 0.781. The van der Waals surface area contributed by atoms with Crippen LogP contribution in [0.5, 0.6) is 5.75 Å². The van der Waals surface area contributed by atoms with Gasteiger partial charge in [0.05, 0.1) is 17.3 Å². The van der Waals surface area contributed by atoms with Gasteiger partial charge in [0.2, 0.25) is 5.24 Å². The Morgan fingerprint density at radius 3 is 2.50 bits per heavy atom. The zero-order valence-corrected chi connectivity index (χ0v) is 12.0. The van der Waals surface area contributed by atoms with E-state index < -0.39 is 20.3 Å². The van der Waals surface area contributed by atoms with Crippen LogP contribution in [0.1, 0.15) is 18.9 Å². The molecule has 1 unspecified atom stereocenters. The van der Waals surface area contributed by atoms with Gasteiger partial charge in [0.25, 0.3) is 0 Å². The first-order valence-corrected chi connectivity index (χ1v) is 7.28. The fraction of sp³-hybridized carbons (Fsp3) is 0.417. The van der Waals surface area contributed by atoms with E-state index in [2.05, 4.69) is 0 Å². The minimum atomic E-state index is -3.55. The average molecular weight is 291 g/mol. The highest BCUT2D eigenvalue weighted by molar-refractivity contribution is 7.92. The molecule has 1 rings (SSSR count). The maximum Gasteiger partial charge on any atom is 0.222 e. The molecule has 1 aromatic rings. The highest BCUT2D eigenvalue weighted by Gasteiger charge is 2.26. The number of carbonyl (C=O) groups is 1. The van der Waals surface area contributed by atoms with Gasteiger partial charge in [0.15, 0.2) is 9.84 Å². The van der Waals surface area contributed by atoms with Crippen LogP contribution < -0.4 is 4.74 Å². The minimum absolute atomic E-state index is 0.199. The largest absolute Gasteiger partial charge is 0.497 e. The fourth-order valence-corrected chi connectivity index (χ4v) is 3.51. The summed E-state index contributed by atoms with van der Waals surface area (Å²) >= 11 is 5.23. The summed E-state index contributed by atoms with van der Waals surface area (Å²) in [4.78, 5) is 11.0. The van der Waals surface area contributed by atoms with Crippen LogP contribution >= 0.6 is 11.6 Å². The normalized spacial score (nSPS) is 13.1. The van der Waals surface area contributed by atoms with Crippen LogP contribution in [0.2, 0.25) is 0 Å². The number of methoxy groups -OCH3 is 1. The maximum atomic E-state index is 12.2. The van der Waals surface area contributed by atoms with Gasteiger partial charge in [-0.1, -0.05) is 0 Å². The van der Waals surface area contributed by atoms with E-state index in [0.717, 1.165) is 0 Å². The molecule has 0 N–H and O–H groups in total. The SMILES string of the molecule is COc1ccc(S(=O)(=O)C(C)CC(=O)Cl)c(C)c1. The predicted octanol–water partition coefficient (Wildman–Crippen LogP) is 2.32. The molecule has 0 aliphatic rings. The number of hydrogen-bond acceptors (Lipinski definition) is 4. The number of benzene rings is 1. The summed E-state index contributed by atoms with van der Waals surface area (Å²) in [5.74, 6) is 0.590. The molecule has 0 fully saturated rings. The first-order chi connectivity index (χ1) is 8.28. The molecule has 0 radical (unpaired) electrons. The topological polar surface area (TPSA) is 60.4 Å². The number of sulfone groups is 1. The number of halogens is 1. The van der Waals surface area contributed by atoms with Crippen LogP contribution in [0, 0.1) is 6.92 Å². The average Bonchev–Trinajstić information content (AvgIpc) is 2.27. The maximum absolute atomic E-state index is 12.2. The molecule has 0 aliphatic heterocycles. The summed E-state index contributed by atoms with van der Waals surface area (Å²) in [6.07, 6.45) is -0.199. The molecule has 0 aliphatic carbocycles. The van der Waals surface area contributed by atoms with Gasteiger partial charge in [-0.15, -0.1) is 0 Å². The third-order valence-corrected chi connectivity index (χ3v) is 5.12. The van der Waals surface area contributed by atoms with Gasteiger partial charge in [-0.2, -0.15) is 0 Å². The molecule has 0 saturated carbocycles. The van der Waals surface area contributed by atoms with E-state index in [-0.39, 0.29) is 11.3 Å². The van der Waals surface area contributed by atoms with Crippen molar-refractivity contribution in [1.29, 1.82) is 0 Å². The fourth-order valence-electron chi connectivity index (χ4n) is 1.62. The third kappa shape index (κ3) is 3.23. The van der Waals surface area contributed by atoms with Crippen molar-refractivity contribution in [1.82, 2.24) is 0 Å². The lowest BCUT2D eigenvalue weighted by atomic mass is 10.2. The zero-order valence-electron chi connectivity index (χ0n) is 10.4. The molecule has 6 heteroatoms. The Morgan fingerprint density at radius 2 is 2.06 bits per heavy atom. The van der Waals surface area contributed by atoms with Crippen molar-refractivity contribution in [2.45, 2.75) is 30.4 Å². The van der Waals surface area contributed by atoms with Crippen molar-refractivity contribution >= 4 is 26.7 Å². The van der Waals surface area contributed by atoms with Crippen LogP contribution in [-0.2, 0) is 14.6 Å². The van der Waals surface area contributed by atoms with Gasteiger partial charge in [-0.05, 0) is 49.2 Å². The Morgan fingerprint density at radius 1 is 1.44 bits per heavy atom. The number of carbonyl (C=O) groups excluding carboxylic acids is 1. The van der Waals surface area contributed by atoms with E-state index >= 15 is 0 Å². The molecule has 0 saturated heterocycles. The number of ether oxygens (including phenoxy) is 1. The predicted molar refractivity (Wildman–Crippen MR) is 69.9 cm³/mol. The molecule has 18 heavy (non-hydrogen) atoms. The van der Waals surface area contributed by atoms with Crippen LogP contribution in [0.4, 0.5) is 0 Å². The highest BCUT2D eigenvalue weighted by atomic mass is 35.5. The van der Waals surface area contributed by atoms with Gasteiger partial charge in [-0.3, -0.25) is 4.79 Å². The van der Waals surface area contributed by atoms with Crippen molar-refractivity contribution in [3.63, 3.8) is 0 Å². The smallest absolute Gasteiger partial charge is 0.222 e. The number of rotatable bonds is 5. The number of aryl methyl sites for hydroxylation is 1. The van der Waals surface area contributed by atoms with Gasteiger partial charge in [0.1, 0.15) is 5.75 Å². The van der Waals surface area contributed by atoms with E-state index in [1.165, 1.54) is 20.1 Å². The molecule has 0 bridgehead atoms. The summed E-state index contributed by atoms with van der Waals surface area (Å²) in [5.41, 5.74) is 0.586. The molecule has 1 atom stereocenters. The zero-order chi connectivity index (χ0) is 13.9. The monoisotopic (exact) mass is 290 g/mol. The van der Waals surface area contributed by atoms with Crippen LogP contribution in [0.25, 0.3) is 0 Å². The summed E-state index contributed by atoms with van der Waals surface area (Å²) < 4.78 is 29.5. The molecular formula is C12H15ClO4S. The van der Waals surface area contributed by atoms with Crippen molar-refractivity contribution in [2.75, 3.05) is 7.11 Å². The lowest BCUT2D eigenvalue weighted by Crippen LogP contribution is -2.20. The van der Waals surface area contributed by atoms with Crippen molar-refractivity contribution in [3.05, 3.63) is 23.8 Å². The second-order valence-corrected chi connectivity index (χ2v) is 6.80. The second kappa shape index (κ2) is 5.71. The summed E-state index contributed by atoms with van der Waals surface area (Å²) in [5, 5.41) is -1.49. The van der Waals surface area contributed by atoms with E-state index in [0.29, 0.717) is 11.3 Å². The molecule has 0 amide bonds. The summed E-state index contributed by atoms with van der Waals surface area (Å²) in [7, 11) is -2.04. The van der Waals surface area contributed by atoms with Gasteiger partial charge in [-0.25, -0.2) is 8.42 Å². The van der Waals surface area contributed by atoms with E-state index in [4.69, 9.17) is 16.3 Å². The molecular weight excluding hydrogens is 276 g/mol. The minimum Gasteiger partial charge on any atom is -0.497 e. The van der Waals surface area contributed by atoms with Crippen LogP contribution in [-0.4, -0.2) is 26.0 Å². The lowest BCUT2D eigenvalue weighted by Gasteiger charge is -2.13. The first kappa shape index (κ1) is 15.0. The standard InChI is InChI=1S/C12H15ClO4S/c1-8-6-10(17-3)4-5-11(8)18(15,16)9(2)7-12(13)14/h4-6,9H,7H2,1-3H3. The Bertz CT molecular complexity index is 551. The summed E-state index contributed by atoms with van der Waals surface area (Å²) in [6.45, 7) is 3.16. The molecule has 0 spiro atoms. The Balaban J connectivity index is 3.16. The van der Waals surface area contributed by atoms with Crippen LogP contribution in [0.15, 0.2) is 23.1 Å². The lowest BCUT2D eigenvalue weighted by molar-refractivity contribution is -0.111. The summed E-state index contributed by atoms with van der Waals surface area (Å²) in [6, 6.07) is 4.70. The Kier molecular flexibility index (Phi) is 4.76. The highest BCUT2D eigenvalue weighted by Crippen LogP contribution is 2.25. The molecule has 100 valence electrons. The Labute approximate surface area is 112 Å². The molecule has 0 heterocycles. The van der Waals surface area contributed by atoms with Crippen molar-refractivity contribution in [3.8, 4) is 5.75 Å². The molecule has 4 nitrogen and oxygen atoms in total. The Hall–Kier alpha value is -1.07. The van der Waals surface area contributed by atoms with E-state index in [1.807, 2.05) is 0 Å². The van der Waals surface area contributed by atoms with Gasteiger partial charge in [0, 0.05) is 6.42 Å². The first-order valence-electron chi connectivity index (χ1n) is 5.36. The van der Waals surface area contributed by atoms with Gasteiger partial charge < -0.3 is 4.74 Å². The van der Waals surface area contributed by atoms with Crippen molar-refractivity contribution < 1.29 is 17.9 Å². The molecule has 1 aromatic carbocycles. The third-order valence-electron chi connectivity index (χ3n) is 2.67. The molecule has 0 aromatic heterocycles. The van der Waals surface area contributed by atoms with E-state index in [9.17, 15) is 13.2 Å². The van der Waals surface area contributed by atoms with E-state index in [1.54, 1.807) is 19.1 Å². The van der Waals surface area contributed by atoms with Crippen molar-refractivity contribution in [2.24, 2.45) is 0 Å². The second-order valence-electron chi connectivity index (χ2n) is 4.05. The van der Waals surface area contributed by atoms with Crippen LogP contribution in [0.3, 0.4) is 0 Å². The van der Waals surface area contributed by atoms with Gasteiger partial charge >= 0.3 is 0 Å².